The molecule has 3 rings (SSSR count). The lowest BCUT2D eigenvalue weighted by Gasteiger charge is -2.08. The zero-order chi connectivity index (χ0) is 18.4. The van der Waals surface area contributed by atoms with Crippen molar-refractivity contribution in [1.82, 2.24) is 10.3 Å². The van der Waals surface area contributed by atoms with Crippen LogP contribution in [0, 0.1) is 5.82 Å². The average Bonchev–Trinajstić information content (AvgIpc) is 3.15. The van der Waals surface area contributed by atoms with Gasteiger partial charge in [0.1, 0.15) is 10.8 Å². The summed E-state index contributed by atoms with van der Waals surface area (Å²) in [6, 6.07) is 12.5. The van der Waals surface area contributed by atoms with Gasteiger partial charge in [0, 0.05) is 12.7 Å². The molecule has 6 heteroatoms. The second-order valence-electron chi connectivity index (χ2n) is 5.74. The standard InChI is InChI=1S/C20H21FN2O2S/c1-24-17-8-5-15(11-18(17)25-2)19-12-23-20(26-19)13-22-10-9-14-3-6-16(21)7-4-14/h3-8,11-12,22H,9-10,13H2,1-2H3. The number of nitrogens with zero attached hydrogens (tertiary/aromatic N) is 1. The van der Waals surface area contributed by atoms with Gasteiger partial charge in [0.2, 0.25) is 0 Å². The SMILES string of the molecule is COc1ccc(-c2cnc(CNCCc3ccc(F)cc3)s2)cc1OC. The maximum absolute atomic E-state index is 12.9. The molecule has 0 fully saturated rings. The summed E-state index contributed by atoms with van der Waals surface area (Å²) >= 11 is 1.65. The molecule has 3 aromatic rings. The van der Waals surface area contributed by atoms with Gasteiger partial charge in [-0.05, 0) is 54.4 Å². The zero-order valence-electron chi connectivity index (χ0n) is 14.8. The van der Waals surface area contributed by atoms with Crippen LogP contribution in [-0.2, 0) is 13.0 Å². The molecular weight excluding hydrogens is 351 g/mol. The van der Waals surface area contributed by atoms with E-state index >= 15 is 0 Å². The first kappa shape index (κ1) is 18.4. The third-order valence-electron chi connectivity index (χ3n) is 4.00. The largest absolute Gasteiger partial charge is 0.493 e. The Kier molecular flexibility index (Phi) is 6.20. The van der Waals surface area contributed by atoms with Crippen molar-refractivity contribution in [3.05, 3.63) is 65.0 Å². The Morgan fingerprint density at radius 3 is 2.54 bits per heavy atom. The Morgan fingerprint density at radius 1 is 1.04 bits per heavy atom. The first-order valence-electron chi connectivity index (χ1n) is 8.32. The van der Waals surface area contributed by atoms with Crippen molar-refractivity contribution in [2.24, 2.45) is 0 Å². The molecule has 0 aliphatic carbocycles. The molecule has 0 atom stereocenters. The molecule has 0 aliphatic heterocycles. The maximum Gasteiger partial charge on any atom is 0.161 e. The van der Waals surface area contributed by atoms with Crippen LogP contribution in [0.2, 0.25) is 0 Å². The van der Waals surface area contributed by atoms with Crippen LogP contribution in [-0.4, -0.2) is 25.7 Å². The minimum atomic E-state index is -0.202. The Labute approximate surface area is 156 Å². The van der Waals surface area contributed by atoms with Gasteiger partial charge >= 0.3 is 0 Å². The van der Waals surface area contributed by atoms with E-state index in [1.165, 1.54) is 12.1 Å². The Balaban J connectivity index is 1.55. The number of hydrogen-bond donors (Lipinski definition) is 1. The van der Waals surface area contributed by atoms with E-state index in [0.29, 0.717) is 18.0 Å². The number of rotatable bonds is 8. The summed E-state index contributed by atoms with van der Waals surface area (Å²) in [6.45, 7) is 1.52. The van der Waals surface area contributed by atoms with Gasteiger partial charge in [-0.25, -0.2) is 9.37 Å². The van der Waals surface area contributed by atoms with Gasteiger partial charge in [0.05, 0.1) is 19.1 Å². The molecule has 0 radical (unpaired) electrons. The van der Waals surface area contributed by atoms with Crippen LogP contribution in [0.15, 0.2) is 48.7 Å². The summed E-state index contributed by atoms with van der Waals surface area (Å²) in [4.78, 5) is 5.57. The first-order chi connectivity index (χ1) is 12.7. The van der Waals surface area contributed by atoms with E-state index in [4.69, 9.17) is 9.47 Å². The minimum Gasteiger partial charge on any atom is -0.493 e. The molecule has 1 heterocycles. The number of hydrogen-bond acceptors (Lipinski definition) is 5. The second kappa shape index (κ2) is 8.78. The van der Waals surface area contributed by atoms with Crippen molar-refractivity contribution >= 4 is 11.3 Å². The Bertz CT molecular complexity index is 849. The number of aromatic nitrogens is 1. The third-order valence-corrected chi connectivity index (χ3v) is 5.05. The van der Waals surface area contributed by atoms with Gasteiger partial charge in [0.15, 0.2) is 11.5 Å². The van der Waals surface area contributed by atoms with Crippen LogP contribution < -0.4 is 14.8 Å². The summed E-state index contributed by atoms with van der Waals surface area (Å²) in [6.07, 6.45) is 2.73. The van der Waals surface area contributed by atoms with Crippen molar-refractivity contribution in [3.8, 4) is 21.9 Å². The topological polar surface area (TPSA) is 43.4 Å². The van der Waals surface area contributed by atoms with Crippen LogP contribution in [0.5, 0.6) is 11.5 Å². The number of benzene rings is 2. The molecule has 26 heavy (non-hydrogen) atoms. The lowest BCUT2D eigenvalue weighted by atomic mass is 10.1. The number of ether oxygens (including phenoxy) is 2. The molecule has 0 saturated carbocycles. The number of methoxy groups -OCH3 is 2. The Morgan fingerprint density at radius 2 is 1.81 bits per heavy atom. The summed E-state index contributed by atoms with van der Waals surface area (Å²) < 4.78 is 23.5. The van der Waals surface area contributed by atoms with Crippen LogP contribution in [0.3, 0.4) is 0 Å². The summed E-state index contributed by atoms with van der Waals surface area (Å²) in [5.74, 6) is 1.22. The molecule has 0 amide bonds. The maximum atomic E-state index is 12.9. The molecule has 0 unspecified atom stereocenters. The third kappa shape index (κ3) is 4.59. The fourth-order valence-corrected chi connectivity index (χ4v) is 3.48. The molecule has 2 aromatic carbocycles. The highest BCUT2D eigenvalue weighted by molar-refractivity contribution is 7.15. The van der Waals surface area contributed by atoms with Gasteiger partial charge in [0.25, 0.3) is 0 Å². The van der Waals surface area contributed by atoms with Crippen molar-refractivity contribution in [2.75, 3.05) is 20.8 Å². The number of thiazole rings is 1. The number of halogens is 1. The van der Waals surface area contributed by atoms with Crippen molar-refractivity contribution in [2.45, 2.75) is 13.0 Å². The highest BCUT2D eigenvalue weighted by atomic mass is 32.1. The molecule has 0 spiro atoms. The molecule has 0 saturated heterocycles. The van der Waals surface area contributed by atoms with Crippen LogP contribution in [0.1, 0.15) is 10.6 Å². The van der Waals surface area contributed by atoms with Crippen molar-refractivity contribution in [3.63, 3.8) is 0 Å². The van der Waals surface area contributed by atoms with Gasteiger partial charge in [-0.3, -0.25) is 0 Å². The molecule has 0 bridgehead atoms. The predicted molar refractivity (Wildman–Crippen MR) is 102 cm³/mol. The van der Waals surface area contributed by atoms with E-state index in [9.17, 15) is 4.39 Å². The number of nitrogens with one attached hydrogen (secondary N) is 1. The minimum absolute atomic E-state index is 0.202. The normalized spacial score (nSPS) is 10.7. The highest BCUT2D eigenvalue weighted by Crippen LogP contribution is 2.34. The van der Waals surface area contributed by atoms with Crippen molar-refractivity contribution < 1.29 is 13.9 Å². The molecule has 1 N–H and O–H groups in total. The highest BCUT2D eigenvalue weighted by Gasteiger charge is 2.09. The lowest BCUT2D eigenvalue weighted by Crippen LogP contribution is -2.16. The van der Waals surface area contributed by atoms with Crippen LogP contribution in [0.4, 0.5) is 4.39 Å². The Hall–Kier alpha value is -2.44. The lowest BCUT2D eigenvalue weighted by molar-refractivity contribution is 0.355. The van der Waals surface area contributed by atoms with Gasteiger partial charge in [-0.15, -0.1) is 11.3 Å². The molecule has 4 nitrogen and oxygen atoms in total. The van der Waals surface area contributed by atoms with E-state index in [1.807, 2.05) is 36.5 Å². The van der Waals surface area contributed by atoms with Gasteiger partial charge < -0.3 is 14.8 Å². The predicted octanol–water partition coefficient (Wildman–Crippen LogP) is 4.30. The summed E-state index contributed by atoms with van der Waals surface area (Å²) in [7, 11) is 3.25. The first-order valence-corrected chi connectivity index (χ1v) is 9.13. The molecular formula is C20H21FN2O2S. The molecule has 1 aromatic heterocycles. The summed E-state index contributed by atoms with van der Waals surface area (Å²) in [5, 5.41) is 4.40. The average molecular weight is 372 g/mol. The smallest absolute Gasteiger partial charge is 0.161 e. The van der Waals surface area contributed by atoms with E-state index in [-0.39, 0.29) is 5.82 Å². The van der Waals surface area contributed by atoms with E-state index in [0.717, 1.165) is 34.0 Å². The quantitative estimate of drug-likeness (QED) is 0.599. The van der Waals surface area contributed by atoms with Gasteiger partial charge in [-0.1, -0.05) is 12.1 Å². The molecule has 136 valence electrons. The molecule has 0 aliphatic rings. The van der Waals surface area contributed by atoms with E-state index < -0.39 is 0 Å². The van der Waals surface area contributed by atoms with Gasteiger partial charge in [-0.2, -0.15) is 0 Å². The van der Waals surface area contributed by atoms with E-state index in [1.54, 1.807) is 25.6 Å². The second-order valence-corrected chi connectivity index (χ2v) is 6.86. The van der Waals surface area contributed by atoms with E-state index in [2.05, 4.69) is 10.3 Å². The fourth-order valence-electron chi connectivity index (χ4n) is 2.59. The van der Waals surface area contributed by atoms with Crippen LogP contribution >= 0.6 is 11.3 Å². The summed E-state index contributed by atoms with van der Waals surface area (Å²) in [5.41, 5.74) is 2.17. The zero-order valence-corrected chi connectivity index (χ0v) is 15.6. The van der Waals surface area contributed by atoms with Crippen LogP contribution in [0.25, 0.3) is 10.4 Å². The van der Waals surface area contributed by atoms with Crippen molar-refractivity contribution in [1.29, 1.82) is 0 Å². The monoisotopic (exact) mass is 372 g/mol. The fraction of sp³-hybridized carbons (Fsp3) is 0.250.